The third kappa shape index (κ3) is 4.35. The number of hydrogen-bond acceptors (Lipinski definition) is 7. The average Bonchev–Trinajstić information content (AvgIpc) is 3.14. The molecule has 0 aromatic carbocycles. The number of nitrogens with zero attached hydrogens (tertiary/aromatic N) is 4. The van der Waals surface area contributed by atoms with Crippen LogP contribution in [0.4, 0.5) is 5.82 Å². The van der Waals surface area contributed by atoms with Gasteiger partial charge in [-0.15, -0.1) is 0 Å². The predicted octanol–water partition coefficient (Wildman–Crippen LogP) is 3.15. The average molecular weight is 496 g/mol. The predicted molar refractivity (Wildman–Crippen MR) is 119 cm³/mol. The Balaban J connectivity index is 1.35. The van der Waals surface area contributed by atoms with E-state index in [1.807, 2.05) is 13.0 Å². The van der Waals surface area contributed by atoms with Gasteiger partial charge >= 0.3 is 0 Å². The lowest BCUT2D eigenvalue weighted by atomic mass is 9.89. The number of hydrogen-bond donors (Lipinski definition) is 1. The van der Waals surface area contributed by atoms with Crippen molar-refractivity contribution in [1.29, 1.82) is 5.26 Å². The monoisotopic (exact) mass is 495 g/mol. The molecule has 0 bridgehead atoms. The Morgan fingerprint density at radius 3 is 2.67 bits per heavy atom. The summed E-state index contributed by atoms with van der Waals surface area (Å²) in [5, 5.41) is 13.4. The zero-order valence-electron chi connectivity index (χ0n) is 17.1. The van der Waals surface area contributed by atoms with Gasteiger partial charge in [0.15, 0.2) is 5.58 Å². The van der Waals surface area contributed by atoms with Gasteiger partial charge in [-0.3, -0.25) is 4.90 Å². The topological polar surface area (TPSA) is 102 Å². The molecule has 10 heteroatoms. The van der Waals surface area contributed by atoms with Gasteiger partial charge in [0.25, 0.3) is 0 Å². The first kappa shape index (κ1) is 21.6. The van der Waals surface area contributed by atoms with E-state index in [9.17, 15) is 8.42 Å². The van der Waals surface area contributed by atoms with Crippen LogP contribution >= 0.6 is 15.9 Å². The van der Waals surface area contributed by atoms with Gasteiger partial charge in [0, 0.05) is 49.2 Å². The van der Waals surface area contributed by atoms with Gasteiger partial charge in [-0.1, -0.05) is 0 Å². The van der Waals surface area contributed by atoms with Crippen LogP contribution in [0.5, 0.6) is 0 Å². The van der Waals surface area contributed by atoms with Gasteiger partial charge in [-0.05, 0) is 48.5 Å². The number of furan rings is 1. The molecule has 4 rings (SSSR count). The number of halogens is 1. The van der Waals surface area contributed by atoms with Crippen LogP contribution in [0.3, 0.4) is 0 Å². The lowest BCUT2D eigenvalue weighted by Crippen LogP contribution is -2.56. The maximum Gasteiger partial charge on any atom is 0.211 e. The Morgan fingerprint density at radius 1 is 1.30 bits per heavy atom. The fourth-order valence-corrected chi connectivity index (χ4v) is 6.37. The first-order valence-corrected chi connectivity index (χ1v) is 12.9. The highest BCUT2D eigenvalue weighted by Crippen LogP contribution is 2.34. The minimum absolute atomic E-state index is 0.0183. The smallest absolute Gasteiger partial charge is 0.211 e. The van der Waals surface area contributed by atoms with Gasteiger partial charge in [0.05, 0.1) is 16.9 Å². The van der Waals surface area contributed by atoms with Crippen LogP contribution in [0.15, 0.2) is 21.2 Å². The molecule has 2 aromatic rings. The third-order valence-electron chi connectivity index (χ3n) is 6.20. The zero-order chi connectivity index (χ0) is 21.5. The van der Waals surface area contributed by atoms with Gasteiger partial charge in [-0.25, -0.2) is 13.4 Å². The van der Waals surface area contributed by atoms with Crippen LogP contribution in [-0.4, -0.2) is 66.6 Å². The Morgan fingerprint density at radius 2 is 2.03 bits per heavy atom. The van der Waals surface area contributed by atoms with Crippen LogP contribution in [-0.2, 0) is 10.0 Å². The minimum atomic E-state index is -3.13. The lowest BCUT2D eigenvalue weighted by Gasteiger charge is -2.44. The number of piperazine rings is 1. The summed E-state index contributed by atoms with van der Waals surface area (Å²) in [5.74, 6) is 1.04. The second kappa shape index (κ2) is 8.46. The summed E-state index contributed by atoms with van der Waals surface area (Å²) in [6, 6.07) is 4.59. The van der Waals surface area contributed by atoms with Crippen LogP contribution < -0.4 is 5.32 Å². The van der Waals surface area contributed by atoms with Crippen molar-refractivity contribution in [3.8, 4) is 6.07 Å². The van der Waals surface area contributed by atoms with E-state index in [-0.39, 0.29) is 11.8 Å². The standard InChI is InChI=1S/C20H26BrN5O3S/c1-13-12-25(7-8-26(13)30(2,27)28)15-5-3-14(4-6-15)24-20-19(21)17-9-16(10-22)29-18(17)11-23-20/h9,11,13-15H,3-8,12H2,1-2H3,(H,23,24). The molecule has 2 fully saturated rings. The number of pyridine rings is 1. The van der Waals surface area contributed by atoms with Crippen molar-refractivity contribution in [1.82, 2.24) is 14.2 Å². The van der Waals surface area contributed by atoms with E-state index in [1.54, 1.807) is 16.6 Å². The molecule has 1 saturated carbocycles. The largest absolute Gasteiger partial charge is 0.444 e. The van der Waals surface area contributed by atoms with E-state index in [1.165, 1.54) is 6.26 Å². The normalized spacial score (nSPS) is 26.5. The maximum atomic E-state index is 11.9. The van der Waals surface area contributed by atoms with E-state index in [0.717, 1.165) is 54.4 Å². The molecule has 2 aliphatic rings. The fourth-order valence-electron chi connectivity index (χ4n) is 4.71. The number of rotatable bonds is 4. The fraction of sp³-hybridized carbons (Fsp3) is 0.600. The van der Waals surface area contributed by atoms with Crippen LogP contribution in [0.25, 0.3) is 11.0 Å². The summed E-state index contributed by atoms with van der Waals surface area (Å²) in [5.41, 5.74) is 0.593. The summed E-state index contributed by atoms with van der Waals surface area (Å²) < 4.78 is 31.6. The van der Waals surface area contributed by atoms with E-state index in [0.29, 0.717) is 24.2 Å². The molecule has 1 aliphatic carbocycles. The Kier molecular flexibility index (Phi) is 6.08. The van der Waals surface area contributed by atoms with Gasteiger partial charge in [-0.2, -0.15) is 9.57 Å². The molecule has 0 amide bonds. The van der Waals surface area contributed by atoms with E-state index in [4.69, 9.17) is 9.68 Å². The molecule has 1 aliphatic heterocycles. The number of anilines is 1. The van der Waals surface area contributed by atoms with Crippen LogP contribution in [0, 0.1) is 11.3 Å². The number of nitrogens with one attached hydrogen (secondary N) is 1. The number of fused-ring (bicyclic) bond motifs is 1. The van der Waals surface area contributed by atoms with Crippen molar-refractivity contribution in [2.45, 2.75) is 50.7 Å². The summed E-state index contributed by atoms with van der Waals surface area (Å²) in [6.45, 7) is 4.16. The molecule has 2 aromatic heterocycles. The molecule has 1 atom stereocenters. The van der Waals surface area contributed by atoms with Crippen molar-refractivity contribution in [3.05, 3.63) is 22.5 Å². The van der Waals surface area contributed by atoms with Crippen molar-refractivity contribution >= 4 is 42.7 Å². The van der Waals surface area contributed by atoms with Crippen LogP contribution in [0.1, 0.15) is 38.4 Å². The van der Waals surface area contributed by atoms with Gasteiger partial charge < -0.3 is 9.73 Å². The van der Waals surface area contributed by atoms with Crippen molar-refractivity contribution in [2.24, 2.45) is 0 Å². The summed E-state index contributed by atoms with van der Waals surface area (Å²) in [6.07, 6.45) is 7.17. The Bertz CT molecular complexity index is 1070. The minimum Gasteiger partial charge on any atom is -0.444 e. The first-order valence-electron chi connectivity index (χ1n) is 10.2. The van der Waals surface area contributed by atoms with E-state index < -0.39 is 10.0 Å². The molecular weight excluding hydrogens is 470 g/mol. The second-order valence-corrected chi connectivity index (χ2v) is 11.0. The quantitative estimate of drug-likeness (QED) is 0.694. The summed E-state index contributed by atoms with van der Waals surface area (Å²) in [7, 11) is -3.13. The van der Waals surface area contributed by atoms with E-state index >= 15 is 0 Å². The molecule has 0 radical (unpaired) electrons. The van der Waals surface area contributed by atoms with Crippen molar-refractivity contribution in [2.75, 3.05) is 31.2 Å². The third-order valence-corrected chi connectivity index (χ3v) is 8.40. The van der Waals surface area contributed by atoms with Crippen molar-refractivity contribution in [3.63, 3.8) is 0 Å². The molecular formula is C20H26BrN5O3S. The SMILES string of the molecule is CC1CN(C2CCC(Nc3ncc4oc(C#N)cc4c3Br)CC2)CCN1S(C)(=O)=O. The molecule has 0 spiro atoms. The highest BCUT2D eigenvalue weighted by molar-refractivity contribution is 9.10. The van der Waals surface area contributed by atoms with Crippen molar-refractivity contribution < 1.29 is 12.8 Å². The first-order chi connectivity index (χ1) is 14.3. The summed E-state index contributed by atoms with van der Waals surface area (Å²) >= 11 is 3.60. The van der Waals surface area contributed by atoms with E-state index in [2.05, 4.69) is 31.1 Å². The number of nitriles is 1. The lowest BCUT2D eigenvalue weighted by molar-refractivity contribution is 0.0814. The summed E-state index contributed by atoms with van der Waals surface area (Å²) in [4.78, 5) is 6.92. The van der Waals surface area contributed by atoms with Gasteiger partial charge in [0.1, 0.15) is 11.9 Å². The highest BCUT2D eigenvalue weighted by Gasteiger charge is 2.34. The maximum absolute atomic E-state index is 11.9. The molecule has 162 valence electrons. The Hall–Kier alpha value is -1.67. The molecule has 1 N–H and O–H groups in total. The van der Waals surface area contributed by atoms with Crippen LogP contribution in [0.2, 0.25) is 0 Å². The zero-order valence-corrected chi connectivity index (χ0v) is 19.5. The molecule has 3 heterocycles. The molecule has 8 nitrogen and oxygen atoms in total. The molecule has 30 heavy (non-hydrogen) atoms. The number of aromatic nitrogens is 1. The molecule has 1 saturated heterocycles. The number of sulfonamides is 1. The second-order valence-electron chi connectivity index (χ2n) is 8.29. The highest BCUT2D eigenvalue weighted by atomic mass is 79.9. The Labute approximate surface area is 185 Å². The molecule has 1 unspecified atom stereocenters. The van der Waals surface area contributed by atoms with Gasteiger partial charge in [0.2, 0.25) is 15.8 Å².